The number of thiophene rings is 1. The van der Waals surface area contributed by atoms with Crippen LogP contribution in [0.5, 0.6) is 5.75 Å². The van der Waals surface area contributed by atoms with Gasteiger partial charge in [0.25, 0.3) is 5.91 Å². The summed E-state index contributed by atoms with van der Waals surface area (Å²) in [5, 5.41) is 0.600. The number of fused-ring (bicyclic) bond motifs is 2. The minimum Gasteiger partial charge on any atom is -0.481 e. The Balaban J connectivity index is 1.43. The molecule has 45 heavy (non-hydrogen) atoms. The van der Waals surface area contributed by atoms with Crippen LogP contribution < -0.4 is 9.64 Å². The molecule has 1 aromatic carbocycles. The van der Waals surface area contributed by atoms with Crippen molar-refractivity contribution in [1.82, 2.24) is 9.29 Å². The normalized spacial score (nSPS) is 20.9. The molecule has 1 aliphatic carbocycles. The van der Waals surface area contributed by atoms with E-state index < -0.39 is 28.6 Å². The van der Waals surface area contributed by atoms with Gasteiger partial charge in [-0.2, -0.15) is 4.31 Å². The summed E-state index contributed by atoms with van der Waals surface area (Å²) in [5.74, 6) is 0.348. The summed E-state index contributed by atoms with van der Waals surface area (Å²) in [7, 11) is -5.56. The zero-order chi connectivity index (χ0) is 32.7. The molecule has 1 unspecified atom stereocenters. The molecule has 0 N–H and O–H groups in total. The summed E-state index contributed by atoms with van der Waals surface area (Å²) in [6, 6.07) is 7.35. The third-order valence-electron chi connectivity index (χ3n) is 10.3. The van der Waals surface area contributed by atoms with E-state index in [2.05, 4.69) is 44.9 Å². The lowest BCUT2D eigenvalue weighted by Crippen LogP contribution is -2.56. The molecule has 6 rings (SSSR count). The molecule has 0 radical (unpaired) electrons. The van der Waals surface area contributed by atoms with Crippen LogP contribution in [0.3, 0.4) is 0 Å². The number of benzene rings is 1. The topological polar surface area (TPSA) is 89.0 Å². The number of sulfonamides is 1. The van der Waals surface area contributed by atoms with E-state index in [1.54, 1.807) is 48.7 Å². The van der Waals surface area contributed by atoms with Crippen molar-refractivity contribution in [2.45, 2.75) is 108 Å². The zero-order valence-corrected chi connectivity index (χ0v) is 30.9. The molecule has 3 aromatic rings. The molecule has 3 aliphatic rings. The van der Waals surface area contributed by atoms with E-state index in [4.69, 9.17) is 20.8 Å². The lowest BCUT2D eigenvalue weighted by molar-refractivity contribution is -0.121. The number of rotatable bonds is 6. The second kappa shape index (κ2) is 11.0. The monoisotopic (exact) mass is 689 g/mol. The zero-order valence-electron chi connectivity index (χ0n) is 27.5. The Hall–Kier alpha value is -2.02. The fourth-order valence-electron chi connectivity index (χ4n) is 6.48. The Labute approximate surface area is 277 Å². The summed E-state index contributed by atoms with van der Waals surface area (Å²) in [4.78, 5) is 21.4. The standard InChI is InChI=1S/C33H44ClN3O5S2Si/c1-31(2,3)44(39,40)36-18-22(17-33(36)11-9-12-33)37-28(38)20-41-27-15-21(34)14-25(29(27)37)24-10-13-35-26-16-23(43-30(24)26)19-42-45(7,8)32(4,5)6/h10,13-16,22H,9,11-12,17-20H2,1-8H3. The van der Waals surface area contributed by atoms with Crippen LogP contribution in [0.1, 0.15) is 72.1 Å². The minimum atomic E-state index is -3.60. The molecule has 1 spiro atoms. The molecule has 12 heteroatoms. The first-order valence-electron chi connectivity index (χ1n) is 15.7. The number of halogens is 1. The molecule has 1 amide bonds. The van der Waals surface area contributed by atoms with Crippen LogP contribution in [0.25, 0.3) is 21.3 Å². The minimum absolute atomic E-state index is 0.100. The maximum absolute atomic E-state index is 13.8. The molecule has 8 nitrogen and oxygen atoms in total. The molecule has 2 aliphatic heterocycles. The number of carbonyl (C=O) groups excluding carboxylic acids is 1. The van der Waals surface area contributed by atoms with Crippen LogP contribution in [0, 0.1) is 0 Å². The Morgan fingerprint density at radius 3 is 2.47 bits per heavy atom. The van der Waals surface area contributed by atoms with Gasteiger partial charge in [0, 0.05) is 45.4 Å². The first-order valence-corrected chi connectivity index (χ1v) is 21.2. The smallest absolute Gasteiger partial charge is 0.265 e. The van der Waals surface area contributed by atoms with Gasteiger partial charge in [0.15, 0.2) is 14.9 Å². The molecule has 2 aromatic heterocycles. The highest BCUT2D eigenvalue weighted by Gasteiger charge is 2.58. The Bertz CT molecular complexity index is 1770. The number of hydrogen-bond donors (Lipinski definition) is 0. The van der Waals surface area contributed by atoms with Crippen molar-refractivity contribution in [2.24, 2.45) is 0 Å². The van der Waals surface area contributed by atoms with Crippen molar-refractivity contribution in [3.8, 4) is 16.9 Å². The molecule has 0 bridgehead atoms. The van der Waals surface area contributed by atoms with Crippen molar-refractivity contribution in [3.05, 3.63) is 40.4 Å². The first-order chi connectivity index (χ1) is 20.8. The van der Waals surface area contributed by atoms with Crippen molar-refractivity contribution in [1.29, 1.82) is 0 Å². The number of anilines is 1. The quantitative estimate of drug-likeness (QED) is 0.244. The maximum atomic E-state index is 13.8. The Kier molecular flexibility index (Phi) is 8.06. The summed E-state index contributed by atoms with van der Waals surface area (Å²) in [5.41, 5.74) is 2.72. The average Bonchev–Trinajstić information content (AvgIpc) is 3.53. The van der Waals surface area contributed by atoms with Crippen LogP contribution >= 0.6 is 22.9 Å². The molecular formula is C33H44ClN3O5S2Si. The number of amides is 1. The summed E-state index contributed by atoms with van der Waals surface area (Å²) in [6.45, 7) is 17.1. The third-order valence-corrected chi connectivity index (χ3v) is 18.8. The van der Waals surface area contributed by atoms with Crippen molar-refractivity contribution in [2.75, 3.05) is 18.1 Å². The molecule has 244 valence electrons. The number of pyridine rings is 1. The van der Waals surface area contributed by atoms with Gasteiger partial charge in [0.2, 0.25) is 10.0 Å². The van der Waals surface area contributed by atoms with Crippen molar-refractivity contribution < 1.29 is 22.4 Å². The van der Waals surface area contributed by atoms with Crippen LogP contribution in [-0.2, 0) is 25.9 Å². The predicted molar refractivity (Wildman–Crippen MR) is 185 cm³/mol. The van der Waals surface area contributed by atoms with Crippen LogP contribution in [0.2, 0.25) is 23.2 Å². The lowest BCUT2D eigenvalue weighted by atomic mass is 9.75. The van der Waals surface area contributed by atoms with E-state index in [1.165, 1.54) is 0 Å². The predicted octanol–water partition coefficient (Wildman–Crippen LogP) is 7.99. The number of carbonyl (C=O) groups is 1. The Morgan fingerprint density at radius 1 is 1.13 bits per heavy atom. The van der Waals surface area contributed by atoms with Gasteiger partial charge in [-0.15, -0.1) is 11.3 Å². The van der Waals surface area contributed by atoms with Gasteiger partial charge in [0.05, 0.1) is 33.3 Å². The van der Waals surface area contributed by atoms with Gasteiger partial charge < -0.3 is 14.1 Å². The SMILES string of the molecule is CC(C)(C)[Si](C)(C)OCc1cc2nccc(-c3cc(Cl)cc4c3N(C3CN(S(=O)(=O)C(C)(C)C)C5(CCC5)C3)C(=O)CO4)c2s1. The van der Waals surface area contributed by atoms with E-state index in [-0.39, 0.29) is 30.1 Å². The van der Waals surface area contributed by atoms with Crippen LogP contribution in [-0.4, -0.2) is 61.4 Å². The number of hydrogen-bond acceptors (Lipinski definition) is 7. The van der Waals surface area contributed by atoms with Gasteiger partial charge in [-0.05, 0) is 82.8 Å². The summed E-state index contributed by atoms with van der Waals surface area (Å²) < 4.78 is 42.0. The summed E-state index contributed by atoms with van der Waals surface area (Å²) >= 11 is 8.33. The second-order valence-corrected chi connectivity index (χ2v) is 24.3. The van der Waals surface area contributed by atoms with E-state index in [0.29, 0.717) is 29.5 Å². The molecule has 1 saturated heterocycles. The van der Waals surface area contributed by atoms with Gasteiger partial charge in [0.1, 0.15) is 5.75 Å². The molecular weight excluding hydrogens is 646 g/mol. The number of aromatic nitrogens is 1. The first kappa shape index (κ1) is 32.9. The molecule has 4 heterocycles. The van der Waals surface area contributed by atoms with Gasteiger partial charge >= 0.3 is 0 Å². The molecule has 1 saturated carbocycles. The number of nitrogens with zero attached hydrogens (tertiary/aromatic N) is 3. The van der Waals surface area contributed by atoms with Gasteiger partial charge in [-0.3, -0.25) is 9.78 Å². The largest absolute Gasteiger partial charge is 0.481 e. The third kappa shape index (κ3) is 5.55. The van der Waals surface area contributed by atoms with Crippen LogP contribution in [0.4, 0.5) is 5.69 Å². The fraction of sp³-hybridized carbons (Fsp3) is 0.576. The van der Waals surface area contributed by atoms with Gasteiger partial charge in [-0.25, -0.2) is 8.42 Å². The summed E-state index contributed by atoms with van der Waals surface area (Å²) in [6.07, 6.45) is 4.96. The average molecular weight is 690 g/mol. The maximum Gasteiger partial charge on any atom is 0.265 e. The van der Waals surface area contributed by atoms with Crippen molar-refractivity contribution >= 4 is 63.1 Å². The highest BCUT2D eigenvalue weighted by molar-refractivity contribution is 7.90. The van der Waals surface area contributed by atoms with E-state index >= 15 is 0 Å². The van der Waals surface area contributed by atoms with E-state index in [1.807, 2.05) is 17.0 Å². The van der Waals surface area contributed by atoms with E-state index in [0.717, 1.165) is 45.5 Å². The second-order valence-electron chi connectivity index (χ2n) is 15.3. The van der Waals surface area contributed by atoms with Crippen LogP contribution in [0.15, 0.2) is 30.5 Å². The Morgan fingerprint density at radius 2 is 1.84 bits per heavy atom. The highest BCUT2D eigenvalue weighted by Crippen LogP contribution is 2.53. The highest BCUT2D eigenvalue weighted by atomic mass is 35.5. The number of ether oxygens (including phenoxy) is 1. The molecule has 1 atom stereocenters. The van der Waals surface area contributed by atoms with E-state index in [9.17, 15) is 13.2 Å². The van der Waals surface area contributed by atoms with Gasteiger partial charge in [-0.1, -0.05) is 32.4 Å². The molecule has 2 fully saturated rings. The fourth-order valence-corrected chi connectivity index (χ4v) is 10.6. The lowest BCUT2D eigenvalue weighted by Gasteiger charge is -2.46. The van der Waals surface area contributed by atoms with Crippen molar-refractivity contribution in [3.63, 3.8) is 0 Å².